The highest BCUT2D eigenvalue weighted by molar-refractivity contribution is 6.30. The molecule has 2 N–H and O–H groups in total. The van der Waals surface area contributed by atoms with Crippen LogP contribution in [0.5, 0.6) is 0 Å². The van der Waals surface area contributed by atoms with Crippen molar-refractivity contribution in [1.29, 1.82) is 0 Å². The number of ether oxygens (including phenoxy) is 1. The van der Waals surface area contributed by atoms with Crippen LogP contribution < -0.4 is 10.2 Å². The van der Waals surface area contributed by atoms with Crippen LogP contribution in [0.4, 0.5) is 25.2 Å². The van der Waals surface area contributed by atoms with Gasteiger partial charge in [-0.1, -0.05) is 23.7 Å². The van der Waals surface area contributed by atoms with E-state index in [1.54, 1.807) is 56.9 Å². The quantitative estimate of drug-likeness (QED) is 0.395. The Bertz CT molecular complexity index is 1390. The lowest BCUT2D eigenvalue weighted by molar-refractivity contribution is -0.111. The van der Waals surface area contributed by atoms with Crippen molar-refractivity contribution in [3.63, 3.8) is 0 Å². The summed E-state index contributed by atoms with van der Waals surface area (Å²) in [5, 5.41) is 2.87. The fourth-order valence-corrected chi connectivity index (χ4v) is 4.46. The van der Waals surface area contributed by atoms with E-state index >= 15 is 8.78 Å². The molecule has 1 aliphatic rings. The first-order valence-electron chi connectivity index (χ1n) is 12.6. The standard InChI is InChI=1S/C28H30ClF2N5O4/c1-27(2,3)40-26(39)36-11-9-35(10-12-36)19-13-20(30)23(21(31)14-19)24(38)34-25-32-15-22(33-25)28(4,16-37)17-5-7-18(29)8-6-17/h5-8,13-16H,9-12H2,1-4H3,(H2,32,33,34,38). The molecule has 12 heteroatoms. The Labute approximate surface area is 235 Å². The van der Waals surface area contributed by atoms with E-state index in [9.17, 15) is 14.4 Å². The van der Waals surface area contributed by atoms with Gasteiger partial charge >= 0.3 is 6.09 Å². The number of imidazole rings is 1. The Morgan fingerprint density at radius 2 is 1.65 bits per heavy atom. The van der Waals surface area contributed by atoms with Gasteiger partial charge in [0.1, 0.15) is 29.1 Å². The number of H-pyrrole nitrogens is 1. The van der Waals surface area contributed by atoms with E-state index in [-0.39, 0.29) is 11.6 Å². The highest BCUT2D eigenvalue weighted by Crippen LogP contribution is 2.31. The van der Waals surface area contributed by atoms with Gasteiger partial charge in [0.05, 0.1) is 17.3 Å². The summed E-state index contributed by atoms with van der Waals surface area (Å²) in [5.41, 5.74) is -1.29. The van der Waals surface area contributed by atoms with Crippen LogP contribution in [-0.2, 0) is 14.9 Å². The normalized spacial score (nSPS) is 15.4. The predicted octanol–water partition coefficient (Wildman–Crippen LogP) is 5.16. The molecule has 4 rings (SSSR count). The number of aromatic amines is 1. The molecule has 0 aliphatic carbocycles. The van der Waals surface area contributed by atoms with Crippen LogP contribution in [0.2, 0.25) is 5.02 Å². The molecule has 1 aromatic heterocycles. The number of hydrogen-bond acceptors (Lipinski definition) is 6. The van der Waals surface area contributed by atoms with E-state index < -0.39 is 40.2 Å². The maximum absolute atomic E-state index is 15.0. The van der Waals surface area contributed by atoms with Crippen LogP contribution in [0.1, 0.15) is 49.3 Å². The monoisotopic (exact) mass is 573 g/mol. The minimum Gasteiger partial charge on any atom is -0.444 e. The van der Waals surface area contributed by atoms with Crippen molar-refractivity contribution in [3.05, 3.63) is 76.1 Å². The van der Waals surface area contributed by atoms with Crippen molar-refractivity contribution in [2.24, 2.45) is 0 Å². The van der Waals surface area contributed by atoms with E-state index in [1.807, 2.05) is 0 Å². The van der Waals surface area contributed by atoms with Crippen LogP contribution in [0, 0.1) is 11.6 Å². The number of halogens is 3. The van der Waals surface area contributed by atoms with Gasteiger partial charge in [0.2, 0.25) is 5.95 Å². The van der Waals surface area contributed by atoms with E-state index in [4.69, 9.17) is 16.3 Å². The summed E-state index contributed by atoms with van der Waals surface area (Å²) in [6, 6.07) is 8.85. The molecule has 212 valence electrons. The van der Waals surface area contributed by atoms with Crippen LogP contribution >= 0.6 is 11.6 Å². The van der Waals surface area contributed by atoms with Gasteiger partial charge in [-0.3, -0.25) is 10.1 Å². The van der Waals surface area contributed by atoms with Crippen molar-refractivity contribution >= 4 is 41.5 Å². The first-order valence-corrected chi connectivity index (χ1v) is 13.0. The Balaban J connectivity index is 1.45. The summed E-state index contributed by atoms with van der Waals surface area (Å²) in [6.07, 6.45) is 1.64. The summed E-state index contributed by atoms with van der Waals surface area (Å²) in [4.78, 5) is 47.3. The fraction of sp³-hybridized carbons (Fsp3) is 0.357. The van der Waals surface area contributed by atoms with Gasteiger partial charge < -0.3 is 24.3 Å². The number of carbonyl (C=O) groups excluding carboxylic acids is 3. The van der Waals surface area contributed by atoms with Crippen LogP contribution in [0.15, 0.2) is 42.6 Å². The average Bonchev–Trinajstić information content (AvgIpc) is 3.36. The molecule has 0 bridgehead atoms. The van der Waals surface area contributed by atoms with Crippen molar-refractivity contribution in [1.82, 2.24) is 14.9 Å². The summed E-state index contributed by atoms with van der Waals surface area (Å²) in [6.45, 7) is 8.29. The first-order chi connectivity index (χ1) is 18.8. The van der Waals surface area contributed by atoms with E-state index in [0.29, 0.717) is 42.5 Å². The Morgan fingerprint density at radius 3 is 2.20 bits per heavy atom. The largest absolute Gasteiger partial charge is 0.444 e. The smallest absolute Gasteiger partial charge is 0.410 e. The summed E-state index contributed by atoms with van der Waals surface area (Å²) in [5.74, 6) is -3.22. The minimum atomic E-state index is -1.13. The molecule has 2 heterocycles. The third-order valence-electron chi connectivity index (χ3n) is 6.60. The molecule has 0 radical (unpaired) electrons. The number of nitrogens with one attached hydrogen (secondary N) is 2. The number of piperazine rings is 1. The van der Waals surface area contributed by atoms with Gasteiger partial charge in [-0.25, -0.2) is 18.6 Å². The van der Waals surface area contributed by atoms with Crippen LogP contribution in [0.3, 0.4) is 0 Å². The number of anilines is 2. The summed E-state index contributed by atoms with van der Waals surface area (Å²) >= 11 is 5.95. The Morgan fingerprint density at radius 1 is 1.05 bits per heavy atom. The van der Waals surface area contributed by atoms with E-state index in [1.165, 1.54) is 11.1 Å². The lowest BCUT2D eigenvalue weighted by Gasteiger charge is -2.36. The molecule has 1 atom stereocenters. The minimum absolute atomic E-state index is 0.0804. The number of nitrogens with zero attached hydrogens (tertiary/aromatic N) is 3. The third kappa shape index (κ3) is 6.25. The summed E-state index contributed by atoms with van der Waals surface area (Å²) in [7, 11) is 0. The van der Waals surface area contributed by atoms with Crippen LogP contribution in [-0.4, -0.2) is 64.9 Å². The number of carbonyl (C=O) groups is 3. The number of rotatable bonds is 6. The number of aromatic nitrogens is 2. The highest BCUT2D eigenvalue weighted by atomic mass is 35.5. The zero-order valence-electron chi connectivity index (χ0n) is 22.6. The third-order valence-corrected chi connectivity index (χ3v) is 6.85. The zero-order chi connectivity index (χ0) is 29.2. The molecule has 1 unspecified atom stereocenters. The molecule has 40 heavy (non-hydrogen) atoms. The number of benzene rings is 2. The molecule has 1 aliphatic heterocycles. The Kier molecular flexibility index (Phi) is 8.15. The van der Waals surface area contributed by atoms with Crippen LogP contribution in [0.25, 0.3) is 0 Å². The molecule has 1 saturated heterocycles. The molecule has 3 aromatic rings. The molecule has 2 aromatic carbocycles. The van der Waals surface area contributed by atoms with Gasteiger partial charge in [-0.05, 0) is 57.5 Å². The number of amides is 2. The van der Waals surface area contributed by atoms with E-state index in [0.717, 1.165) is 18.4 Å². The van der Waals surface area contributed by atoms with Crippen molar-refractivity contribution in [3.8, 4) is 0 Å². The fourth-order valence-electron chi connectivity index (χ4n) is 4.33. The number of hydrogen-bond donors (Lipinski definition) is 2. The van der Waals surface area contributed by atoms with E-state index in [2.05, 4.69) is 15.3 Å². The first kappa shape index (κ1) is 29.0. The highest BCUT2D eigenvalue weighted by Gasteiger charge is 2.32. The average molecular weight is 574 g/mol. The zero-order valence-corrected chi connectivity index (χ0v) is 23.3. The topological polar surface area (TPSA) is 108 Å². The summed E-state index contributed by atoms with van der Waals surface area (Å²) < 4.78 is 35.4. The van der Waals surface area contributed by atoms with Gasteiger partial charge in [-0.15, -0.1) is 0 Å². The van der Waals surface area contributed by atoms with Gasteiger partial charge in [0.25, 0.3) is 5.91 Å². The van der Waals surface area contributed by atoms with Gasteiger partial charge in [0, 0.05) is 36.9 Å². The lowest BCUT2D eigenvalue weighted by Crippen LogP contribution is -2.50. The molecule has 0 saturated carbocycles. The number of aldehydes is 1. The molecule has 2 amide bonds. The SMILES string of the molecule is CC(C)(C)OC(=O)N1CCN(c2cc(F)c(C(=O)Nc3ncc(C(C)(C=O)c4ccc(Cl)cc4)[nH]3)c(F)c2)CC1. The molecular formula is C28H30ClF2N5O4. The second kappa shape index (κ2) is 11.2. The van der Waals surface area contributed by atoms with Crippen molar-refractivity contribution in [2.45, 2.75) is 38.7 Å². The van der Waals surface area contributed by atoms with Crippen molar-refractivity contribution in [2.75, 3.05) is 36.4 Å². The van der Waals surface area contributed by atoms with Gasteiger partial charge in [0.15, 0.2) is 0 Å². The second-order valence-electron chi connectivity index (χ2n) is 10.7. The van der Waals surface area contributed by atoms with Crippen molar-refractivity contribution < 1.29 is 27.9 Å². The molecular weight excluding hydrogens is 544 g/mol. The predicted molar refractivity (Wildman–Crippen MR) is 147 cm³/mol. The molecule has 9 nitrogen and oxygen atoms in total. The molecule has 1 fully saturated rings. The Hall–Kier alpha value is -3.99. The maximum atomic E-state index is 15.0. The second-order valence-corrected chi connectivity index (χ2v) is 11.1. The maximum Gasteiger partial charge on any atom is 0.410 e. The molecule has 0 spiro atoms. The van der Waals surface area contributed by atoms with Gasteiger partial charge in [-0.2, -0.15) is 0 Å². The lowest BCUT2D eigenvalue weighted by atomic mass is 9.81.